The largest absolute Gasteiger partial charge is 0.435 e. The summed E-state index contributed by atoms with van der Waals surface area (Å²) in [5.41, 5.74) is 2.47. The third kappa shape index (κ3) is 7.48. The summed E-state index contributed by atoms with van der Waals surface area (Å²) in [7, 11) is 1.64. The fourth-order valence-electron chi connectivity index (χ4n) is 3.86. The molecule has 0 spiro atoms. The topological polar surface area (TPSA) is 69.0 Å². The van der Waals surface area contributed by atoms with Crippen molar-refractivity contribution in [1.29, 1.82) is 0 Å². The lowest BCUT2D eigenvalue weighted by Gasteiger charge is -2.25. The van der Waals surface area contributed by atoms with Crippen molar-refractivity contribution in [3.05, 3.63) is 84.3 Å². The smallest absolute Gasteiger partial charge is 0.227 e. The molecule has 1 heterocycles. The average Bonchev–Trinajstić information content (AvgIpc) is 3.22. The molecule has 0 aliphatic rings. The van der Waals surface area contributed by atoms with Gasteiger partial charge in [-0.2, -0.15) is 5.10 Å². The number of nitrogens with zero attached hydrogens (tertiary/aromatic N) is 3. The van der Waals surface area contributed by atoms with Gasteiger partial charge in [-0.3, -0.25) is 4.90 Å². The van der Waals surface area contributed by atoms with Crippen molar-refractivity contribution < 1.29 is 23.7 Å². The summed E-state index contributed by atoms with van der Waals surface area (Å²) < 4.78 is 33.3. The molecule has 7 nitrogen and oxygen atoms in total. The van der Waals surface area contributed by atoms with Crippen LogP contribution in [0, 0.1) is 5.82 Å². The number of rotatable bonds is 15. The van der Waals surface area contributed by atoms with Gasteiger partial charge in [-0.25, -0.2) is 9.07 Å². The van der Waals surface area contributed by atoms with Gasteiger partial charge in [0.05, 0.1) is 42.9 Å². The molecule has 3 rings (SSSR count). The summed E-state index contributed by atoms with van der Waals surface area (Å²) in [5, 5.41) is 15.5. The van der Waals surface area contributed by atoms with Crippen LogP contribution in [0.3, 0.4) is 0 Å². The van der Waals surface area contributed by atoms with E-state index in [9.17, 15) is 9.50 Å². The molecule has 1 aromatic heterocycles. The fourth-order valence-corrected chi connectivity index (χ4v) is 3.86. The number of benzene rings is 2. The van der Waals surface area contributed by atoms with Crippen molar-refractivity contribution >= 4 is 0 Å². The van der Waals surface area contributed by atoms with E-state index in [-0.39, 0.29) is 18.3 Å². The highest BCUT2D eigenvalue weighted by Gasteiger charge is 2.26. The summed E-state index contributed by atoms with van der Waals surface area (Å²) in [6.45, 7) is 10.1. The van der Waals surface area contributed by atoms with Crippen molar-refractivity contribution in [2.75, 3.05) is 40.0 Å². The zero-order chi connectivity index (χ0) is 25.9. The predicted molar refractivity (Wildman–Crippen MR) is 138 cm³/mol. The Morgan fingerprint density at radius 3 is 2.53 bits per heavy atom. The molecule has 8 heteroatoms. The molecule has 0 saturated heterocycles. The highest BCUT2D eigenvalue weighted by Crippen LogP contribution is 2.35. The Balaban J connectivity index is 2.02. The molecule has 0 unspecified atom stereocenters. The van der Waals surface area contributed by atoms with E-state index in [1.54, 1.807) is 36.1 Å². The predicted octanol–water partition coefficient (Wildman–Crippen LogP) is 4.94. The minimum atomic E-state index is -0.704. The maximum absolute atomic E-state index is 14.6. The molecule has 0 aliphatic heterocycles. The lowest BCUT2D eigenvalue weighted by atomic mass is 10.1. The third-order valence-corrected chi connectivity index (χ3v) is 5.57. The zero-order valence-corrected chi connectivity index (χ0v) is 21.3. The molecule has 2 aromatic carbocycles. The van der Waals surface area contributed by atoms with Gasteiger partial charge in [0, 0.05) is 26.7 Å². The first-order valence-electron chi connectivity index (χ1n) is 12.1. The number of ether oxygens (including phenoxy) is 3. The molecule has 0 bridgehead atoms. The van der Waals surface area contributed by atoms with Gasteiger partial charge in [0.15, 0.2) is 11.6 Å². The molecule has 3 aromatic rings. The second-order valence-electron chi connectivity index (χ2n) is 8.81. The quantitative estimate of drug-likeness (QED) is 0.237. The molecule has 0 fully saturated rings. The van der Waals surface area contributed by atoms with Crippen molar-refractivity contribution in [1.82, 2.24) is 14.7 Å². The summed E-state index contributed by atoms with van der Waals surface area (Å²) in [4.78, 5) is 2.07. The molecular formula is C28H36FN3O4. The van der Waals surface area contributed by atoms with Gasteiger partial charge in [0.2, 0.25) is 5.88 Å². The van der Waals surface area contributed by atoms with Crippen LogP contribution >= 0.6 is 0 Å². The first kappa shape index (κ1) is 27.5. The molecule has 0 aliphatic carbocycles. The average molecular weight is 498 g/mol. The van der Waals surface area contributed by atoms with Crippen LogP contribution in [0.25, 0.3) is 5.69 Å². The molecule has 0 amide bonds. The Kier molecular flexibility index (Phi) is 10.6. The molecule has 194 valence electrons. The molecule has 36 heavy (non-hydrogen) atoms. The second kappa shape index (κ2) is 13.9. The zero-order valence-electron chi connectivity index (χ0n) is 21.3. The van der Waals surface area contributed by atoms with Crippen LogP contribution in [-0.2, 0) is 16.0 Å². The molecule has 1 atom stereocenters. The number of aliphatic hydroxyl groups is 1. The standard InChI is InChI=1S/C28H36FN3O4/c1-5-16-35-20-23(33)18-31(15-17-34-4)19-24-27(21(2)3)30-32(22-11-7-6-8-12-22)28(24)36-26-14-10-9-13-25(26)29/h5-14,21,23,33H,1,15-20H2,2-4H3/t23-/m1/s1. The van der Waals surface area contributed by atoms with Crippen LogP contribution in [0.1, 0.15) is 31.0 Å². The second-order valence-corrected chi connectivity index (χ2v) is 8.81. The van der Waals surface area contributed by atoms with Gasteiger partial charge in [0.25, 0.3) is 0 Å². The number of aliphatic hydroxyl groups excluding tert-OH is 1. The highest BCUT2D eigenvalue weighted by molar-refractivity contribution is 5.44. The Bertz CT molecular complexity index is 1090. The summed E-state index contributed by atoms with van der Waals surface area (Å²) in [6.07, 6.45) is 0.943. The van der Waals surface area contributed by atoms with Crippen LogP contribution in [0.4, 0.5) is 4.39 Å². The van der Waals surface area contributed by atoms with E-state index < -0.39 is 11.9 Å². The number of aromatic nitrogens is 2. The summed E-state index contributed by atoms with van der Waals surface area (Å²) in [5.74, 6) is 0.182. The number of hydrogen-bond acceptors (Lipinski definition) is 6. The van der Waals surface area contributed by atoms with Crippen molar-refractivity contribution in [2.45, 2.75) is 32.4 Å². The van der Waals surface area contributed by atoms with Gasteiger partial charge in [0.1, 0.15) is 0 Å². The fraction of sp³-hybridized carbons (Fsp3) is 0.393. The molecule has 1 N–H and O–H groups in total. The monoisotopic (exact) mass is 497 g/mol. The van der Waals surface area contributed by atoms with E-state index in [1.807, 2.05) is 30.3 Å². The minimum Gasteiger partial charge on any atom is -0.435 e. The van der Waals surface area contributed by atoms with Crippen LogP contribution < -0.4 is 4.74 Å². The lowest BCUT2D eigenvalue weighted by Crippen LogP contribution is -2.36. The molecule has 0 radical (unpaired) electrons. The van der Waals surface area contributed by atoms with E-state index in [0.29, 0.717) is 38.7 Å². The van der Waals surface area contributed by atoms with Gasteiger partial charge >= 0.3 is 0 Å². The Morgan fingerprint density at radius 1 is 1.14 bits per heavy atom. The van der Waals surface area contributed by atoms with Gasteiger partial charge < -0.3 is 19.3 Å². The van der Waals surface area contributed by atoms with E-state index in [4.69, 9.17) is 19.3 Å². The van der Waals surface area contributed by atoms with E-state index in [0.717, 1.165) is 16.9 Å². The highest BCUT2D eigenvalue weighted by atomic mass is 19.1. The summed E-state index contributed by atoms with van der Waals surface area (Å²) >= 11 is 0. The maximum Gasteiger partial charge on any atom is 0.227 e. The van der Waals surface area contributed by atoms with Crippen LogP contribution in [-0.4, -0.2) is 65.9 Å². The number of methoxy groups -OCH3 is 1. The maximum atomic E-state index is 14.6. The first-order chi connectivity index (χ1) is 17.4. The van der Waals surface area contributed by atoms with Gasteiger partial charge in [-0.1, -0.05) is 50.3 Å². The number of halogens is 1. The Morgan fingerprint density at radius 2 is 1.86 bits per heavy atom. The number of para-hydroxylation sites is 2. The van der Waals surface area contributed by atoms with Crippen molar-refractivity contribution in [2.24, 2.45) is 0 Å². The lowest BCUT2D eigenvalue weighted by molar-refractivity contribution is 0.0192. The van der Waals surface area contributed by atoms with Crippen LogP contribution in [0.2, 0.25) is 0 Å². The third-order valence-electron chi connectivity index (χ3n) is 5.57. The first-order valence-corrected chi connectivity index (χ1v) is 12.1. The van der Waals surface area contributed by atoms with Gasteiger partial charge in [-0.15, -0.1) is 6.58 Å². The molecule has 0 saturated carbocycles. The Labute approximate surface area is 212 Å². The van der Waals surface area contributed by atoms with E-state index in [1.165, 1.54) is 6.07 Å². The minimum absolute atomic E-state index is 0.0815. The SMILES string of the molecule is C=CCOC[C@H](O)CN(CCOC)Cc1c(C(C)C)nn(-c2ccccc2)c1Oc1ccccc1F. The van der Waals surface area contributed by atoms with Crippen molar-refractivity contribution in [3.8, 4) is 17.3 Å². The summed E-state index contributed by atoms with van der Waals surface area (Å²) in [6, 6.07) is 15.9. The van der Waals surface area contributed by atoms with Crippen LogP contribution in [0.15, 0.2) is 67.3 Å². The number of hydrogen-bond donors (Lipinski definition) is 1. The molecular weight excluding hydrogens is 461 g/mol. The normalized spacial score (nSPS) is 12.3. The van der Waals surface area contributed by atoms with Gasteiger partial charge in [-0.05, 0) is 30.2 Å². The Hall–Kier alpha value is -3.04. The van der Waals surface area contributed by atoms with Crippen molar-refractivity contribution in [3.63, 3.8) is 0 Å². The van der Waals surface area contributed by atoms with E-state index in [2.05, 4.69) is 25.3 Å². The van der Waals surface area contributed by atoms with Crippen LogP contribution in [0.5, 0.6) is 11.6 Å². The van der Waals surface area contributed by atoms with E-state index >= 15 is 0 Å².